The number of rotatable bonds is 6. The second kappa shape index (κ2) is 10.4. The quantitative estimate of drug-likeness (QED) is 0.669. The summed E-state index contributed by atoms with van der Waals surface area (Å²) in [5.74, 6) is -0.00191. The molecule has 2 aliphatic rings. The first-order chi connectivity index (χ1) is 13.7. The molecule has 1 aromatic carbocycles. The lowest BCUT2D eigenvalue weighted by Gasteiger charge is -2.36. The third kappa shape index (κ3) is 5.49. The first-order valence-electron chi connectivity index (χ1n) is 10.0. The molecule has 7 nitrogen and oxygen atoms in total. The summed E-state index contributed by atoms with van der Waals surface area (Å²) in [5, 5.41) is 19.7. The molecule has 1 aromatic rings. The van der Waals surface area contributed by atoms with Gasteiger partial charge in [0.25, 0.3) is 0 Å². The van der Waals surface area contributed by atoms with Gasteiger partial charge in [-0.2, -0.15) is 9.57 Å². The maximum atomic E-state index is 13.6. The summed E-state index contributed by atoms with van der Waals surface area (Å²) in [5.41, 5.74) is 7.18. The molecule has 0 saturated carbocycles. The van der Waals surface area contributed by atoms with Crippen molar-refractivity contribution in [3.63, 3.8) is 0 Å². The molecule has 2 heterocycles. The molecule has 168 valence electrons. The van der Waals surface area contributed by atoms with E-state index in [-0.39, 0.29) is 36.2 Å². The summed E-state index contributed by atoms with van der Waals surface area (Å²) in [7, 11) is -3.58. The van der Waals surface area contributed by atoms with Crippen molar-refractivity contribution in [2.75, 3.05) is 19.6 Å². The summed E-state index contributed by atoms with van der Waals surface area (Å²) in [6.45, 7) is 2.69. The van der Waals surface area contributed by atoms with E-state index >= 15 is 0 Å². The Morgan fingerprint density at radius 2 is 2.00 bits per heavy atom. The predicted octanol–water partition coefficient (Wildman–Crippen LogP) is 1.79. The van der Waals surface area contributed by atoms with Crippen LogP contribution in [0.25, 0.3) is 0 Å². The highest BCUT2D eigenvalue weighted by Crippen LogP contribution is 2.28. The Kier molecular flexibility index (Phi) is 8.62. The van der Waals surface area contributed by atoms with Crippen molar-refractivity contribution in [1.29, 1.82) is 5.26 Å². The van der Waals surface area contributed by atoms with Crippen LogP contribution >= 0.6 is 12.4 Å². The Labute approximate surface area is 184 Å². The number of sulfonamides is 1. The molecule has 0 bridgehead atoms. The van der Waals surface area contributed by atoms with Gasteiger partial charge in [-0.1, -0.05) is 17.7 Å². The predicted molar refractivity (Wildman–Crippen MR) is 114 cm³/mol. The minimum absolute atomic E-state index is 0. The summed E-state index contributed by atoms with van der Waals surface area (Å²) in [6, 6.07) is 7.45. The van der Waals surface area contributed by atoms with Gasteiger partial charge in [-0.25, -0.2) is 12.8 Å². The average molecular weight is 461 g/mol. The fourth-order valence-corrected chi connectivity index (χ4v) is 5.83. The Balaban J connectivity index is 0.00000320. The van der Waals surface area contributed by atoms with E-state index in [4.69, 9.17) is 5.73 Å². The van der Waals surface area contributed by atoms with E-state index in [0.717, 1.165) is 18.4 Å². The molecule has 2 saturated heterocycles. The summed E-state index contributed by atoms with van der Waals surface area (Å²) in [4.78, 5) is 1.69. The van der Waals surface area contributed by atoms with Crippen LogP contribution in [-0.4, -0.2) is 66.8 Å². The van der Waals surface area contributed by atoms with E-state index in [1.807, 2.05) is 13.0 Å². The maximum Gasteiger partial charge on any atom is 0.243 e. The molecule has 0 aromatic heterocycles. The number of hydrogen-bond donors (Lipinski definition) is 2. The van der Waals surface area contributed by atoms with E-state index < -0.39 is 34.5 Å². The number of aliphatic hydroxyl groups is 1. The minimum atomic E-state index is -3.58. The Bertz CT molecular complexity index is 849. The zero-order chi connectivity index (χ0) is 21.2. The molecule has 0 aliphatic carbocycles. The molecule has 2 fully saturated rings. The fraction of sp³-hybridized carbons (Fsp3) is 0.650. The van der Waals surface area contributed by atoms with Gasteiger partial charge < -0.3 is 10.8 Å². The van der Waals surface area contributed by atoms with Crippen molar-refractivity contribution in [3.05, 3.63) is 29.8 Å². The number of nitrogens with two attached hydrogens (primary N) is 1. The average Bonchev–Trinajstić information content (AvgIpc) is 3.08. The van der Waals surface area contributed by atoms with Crippen molar-refractivity contribution in [2.24, 2.45) is 11.7 Å². The molecule has 5 atom stereocenters. The molecule has 0 amide bonds. The van der Waals surface area contributed by atoms with E-state index in [1.165, 1.54) is 9.21 Å². The van der Waals surface area contributed by atoms with Crippen LogP contribution in [0.15, 0.2) is 29.2 Å². The molecular formula is C20H30ClFN4O3S. The topological polar surface area (TPSA) is 111 Å². The number of aryl methyl sites for hydroxylation is 1. The first kappa shape index (κ1) is 25.0. The number of halogens is 2. The van der Waals surface area contributed by atoms with Crippen molar-refractivity contribution in [3.8, 4) is 6.07 Å². The lowest BCUT2D eigenvalue weighted by Crippen LogP contribution is -2.51. The van der Waals surface area contributed by atoms with Crippen LogP contribution in [-0.2, 0) is 10.0 Å². The third-order valence-electron chi connectivity index (χ3n) is 5.91. The van der Waals surface area contributed by atoms with Crippen LogP contribution < -0.4 is 5.73 Å². The van der Waals surface area contributed by atoms with Crippen LogP contribution in [0.4, 0.5) is 4.39 Å². The molecule has 2 unspecified atom stereocenters. The summed E-state index contributed by atoms with van der Waals surface area (Å²) >= 11 is 0. The molecule has 30 heavy (non-hydrogen) atoms. The monoisotopic (exact) mass is 460 g/mol. The summed E-state index contributed by atoms with van der Waals surface area (Å²) < 4.78 is 41.0. The molecule has 2 aliphatic heterocycles. The van der Waals surface area contributed by atoms with Crippen molar-refractivity contribution in [2.45, 2.75) is 62.0 Å². The Morgan fingerprint density at radius 3 is 2.63 bits per heavy atom. The largest absolute Gasteiger partial charge is 0.377 e. The fourth-order valence-electron chi connectivity index (χ4n) is 4.28. The zero-order valence-electron chi connectivity index (χ0n) is 17.0. The zero-order valence-corrected chi connectivity index (χ0v) is 18.7. The molecular weight excluding hydrogens is 431 g/mol. The Morgan fingerprint density at radius 1 is 1.33 bits per heavy atom. The van der Waals surface area contributed by atoms with Crippen LogP contribution in [0.2, 0.25) is 0 Å². The van der Waals surface area contributed by atoms with Gasteiger partial charge in [-0.3, -0.25) is 4.90 Å². The standard InChI is InChI=1S/C20H29FN4O3S.ClH/c1-14-4-6-18(7-5-14)29(27,28)24-8-2-3-15(12-24)9-19(23)20(26)25-13-16(21)10-17(25)11-22;/h4-7,15-17,19-20,26H,2-3,8-10,12-13,23H2,1H3;1H/t15?,16-,17-,19-,20?;/m0./s1. The van der Waals surface area contributed by atoms with Crippen molar-refractivity contribution < 1.29 is 17.9 Å². The lowest BCUT2D eigenvalue weighted by atomic mass is 9.92. The highest BCUT2D eigenvalue weighted by molar-refractivity contribution is 7.89. The summed E-state index contributed by atoms with van der Waals surface area (Å²) in [6.07, 6.45) is -0.252. The lowest BCUT2D eigenvalue weighted by molar-refractivity contribution is -0.0217. The number of likely N-dealkylation sites (tertiary alicyclic amines) is 1. The number of alkyl halides is 1. The maximum absolute atomic E-state index is 13.6. The van der Waals surface area contributed by atoms with Gasteiger partial charge in [0.1, 0.15) is 18.4 Å². The van der Waals surface area contributed by atoms with Gasteiger partial charge in [0.15, 0.2) is 0 Å². The smallest absolute Gasteiger partial charge is 0.243 e. The third-order valence-corrected chi connectivity index (χ3v) is 7.79. The number of benzene rings is 1. The van der Waals surface area contributed by atoms with Gasteiger partial charge in [0.05, 0.1) is 11.0 Å². The molecule has 0 spiro atoms. The van der Waals surface area contributed by atoms with Crippen LogP contribution in [0, 0.1) is 24.2 Å². The second-order valence-corrected chi connectivity index (χ2v) is 10.1. The second-order valence-electron chi connectivity index (χ2n) is 8.17. The molecule has 3 N–H and O–H groups in total. The van der Waals surface area contributed by atoms with Gasteiger partial charge in [-0.15, -0.1) is 12.4 Å². The van der Waals surface area contributed by atoms with Crippen LogP contribution in [0.5, 0.6) is 0 Å². The van der Waals surface area contributed by atoms with Crippen molar-refractivity contribution >= 4 is 22.4 Å². The van der Waals surface area contributed by atoms with E-state index in [1.54, 1.807) is 24.3 Å². The minimum Gasteiger partial charge on any atom is -0.377 e. The van der Waals surface area contributed by atoms with E-state index in [2.05, 4.69) is 0 Å². The number of nitriles is 1. The number of nitrogens with zero attached hydrogens (tertiary/aromatic N) is 3. The van der Waals surface area contributed by atoms with Crippen molar-refractivity contribution in [1.82, 2.24) is 9.21 Å². The normalized spacial score (nSPS) is 27.8. The first-order valence-corrected chi connectivity index (χ1v) is 11.5. The van der Waals surface area contributed by atoms with Gasteiger partial charge in [-0.05, 0) is 44.2 Å². The van der Waals surface area contributed by atoms with Gasteiger partial charge in [0, 0.05) is 32.1 Å². The SMILES string of the molecule is Cc1ccc(S(=O)(=O)N2CCCC(C[C@H](N)C(O)N3C[C@@H](F)C[C@H]3C#N)C2)cc1.Cl. The van der Waals surface area contributed by atoms with Gasteiger partial charge >= 0.3 is 0 Å². The number of hydrogen-bond acceptors (Lipinski definition) is 6. The van der Waals surface area contributed by atoms with E-state index in [9.17, 15) is 23.2 Å². The highest BCUT2D eigenvalue weighted by Gasteiger charge is 2.39. The Hall–Kier alpha value is -1.28. The van der Waals surface area contributed by atoms with E-state index in [0.29, 0.717) is 19.5 Å². The molecule has 0 radical (unpaired) electrons. The number of piperidine rings is 1. The number of aliphatic hydroxyl groups excluding tert-OH is 1. The highest BCUT2D eigenvalue weighted by atomic mass is 35.5. The van der Waals surface area contributed by atoms with Crippen LogP contribution in [0.3, 0.4) is 0 Å². The van der Waals surface area contributed by atoms with Crippen LogP contribution in [0.1, 0.15) is 31.2 Å². The van der Waals surface area contributed by atoms with Gasteiger partial charge in [0.2, 0.25) is 10.0 Å². The molecule has 3 rings (SSSR count). The molecule has 10 heteroatoms.